The van der Waals surface area contributed by atoms with Gasteiger partial charge in [0, 0.05) is 36.2 Å². The second-order valence-electron chi connectivity index (χ2n) is 7.26. The Hall–Kier alpha value is -3.29. The van der Waals surface area contributed by atoms with E-state index in [0.29, 0.717) is 11.5 Å². The Bertz CT molecular complexity index is 971. The fourth-order valence-corrected chi connectivity index (χ4v) is 3.29. The number of anilines is 5. The molecule has 0 aliphatic carbocycles. The quantitative estimate of drug-likeness (QED) is 0.641. The molecule has 2 aromatic carbocycles. The van der Waals surface area contributed by atoms with E-state index in [0.717, 1.165) is 36.8 Å². The third-order valence-corrected chi connectivity index (χ3v) is 5.02. The van der Waals surface area contributed by atoms with Gasteiger partial charge < -0.3 is 15.5 Å². The van der Waals surface area contributed by atoms with Gasteiger partial charge in [-0.15, -0.1) is 5.10 Å². The number of halogens is 2. The van der Waals surface area contributed by atoms with E-state index in [1.165, 1.54) is 30.8 Å². The zero-order valence-corrected chi connectivity index (χ0v) is 16.1. The number of hydrogen-bond acceptors (Lipinski definition) is 6. The van der Waals surface area contributed by atoms with Crippen LogP contribution < -0.4 is 15.5 Å². The minimum Gasteiger partial charge on any atom is -0.372 e. The van der Waals surface area contributed by atoms with Gasteiger partial charge in [0.05, 0.1) is 6.20 Å². The highest BCUT2D eigenvalue weighted by Crippen LogP contribution is 2.25. The van der Waals surface area contributed by atoms with Crippen LogP contribution in [0.2, 0.25) is 0 Å². The van der Waals surface area contributed by atoms with Crippen LogP contribution in [0.25, 0.3) is 0 Å². The molecule has 1 aromatic heterocycles. The van der Waals surface area contributed by atoms with E-state index in [4.69, 9.17) is 0 Å². The largest absolute Gasteiger partial charge is 0.372 e. The highest BCUT2D eigenvalue weighted by molar-refractivity contribution is 5.62. The summed E-state index contributed by atoms with van der Waals surface area (Å²) in [6, 6.07) is 11.7. The molecular weight excluding hydrogens is 374 g/mol. The first kappa shape index (κ1) is 19.0. The van der Waals surface area contributed by atoms with Crippen molar-refractivity contribution in [1.82, 2.24) is 15.2 Å². The van der Waals surface area contributed by atoms with Gasteiger partial charge in [-0.05, 0) is 55.2 Å². The van der Waals surface area contributed by atoms with E-state index in [1.54, 1.807) is 0 Å². The molecule has 1 fully saturated rings. The van der Waals surface area contributed by atoms with Gasteiger partial charge >= 0.3 is 0 Å². The molecule has 0 unspecified atom stereocenters. The van der Waals surface area contributed by atoms with Gasteiger partial charge in [0.15, 0.2) is 17.5 Å². The summed E-state index contributed by atoms with van der Waals surface area (Å²) in [7, 11) is 0. The molecule has 1 saturated heterocycles. The molecule has 29 heavy (non-hydrogen) atoms. The second-order valence-corrected chi connectivity index (χ2v) is 7.26. The molecule has 150 valence electrons. The maximum atomic E-state index is 13.3. The van der Waals surface area contributed by atoms with Gasteiger partial charge in [-0.25, -0.2) is 8.78 Å². The zero-order chi connectivity index (χ0) is 20.2. The lowest BCUT2D eigenvalue weighted by atomic mass is 9.99. The van der Waals surface area contributed by atoms with E-state index in [2.05, 4.69) is 49.8 Å². The number of nitrogens with one attached hydrogen (secondary N) is 2. The number of hydrogen-bond donors (Lipinski definition) is 2. The molecule has 1 aliphatic heterocycles. The predicted octanol–water partition coefficient (Wildman–Crippen LogP) is 4.87. The molecule has 8 heteroatoms. The Morgan fingerprint density at radius 2 is 1.66 bits per heavy atom. The van der Waals surface area contributed by atoms with Gasteiger partial charge in [0.1, 0.15) is 0 Å². The lowest BCUT2D eigenvalue weighted by Gasteiger charge is -2.32. The van der Waals surface area contributed by atoms with Crippen LogP contribution in [0, 0.1) is 17.6 Å². The summed E-state index contributed by atoms with van der Waals surface area (Å²) in [6.45, 7) is 4.47. The molecule has 0 amide bonds. The van der Waals surface area contributed by atoms with Crippen LogP contribution in [-0.2, 0) is 0 Å². The van der Waals surface area contributed by atoms with Crippen LogP contribution in [0.15, 0.2) is 48.7 Å². The Kier molecular flexibility index (Phi) is 5.50. The normalized spacial score (nSPS) is 14.7. The van der Waals surface area contributed by atoms with Crippen molar-refractivity contribution in [1.29, 1.82) is 0 Å². The molecule has 4 rings (SSSR count). The van der Waals surface area contributed by atoms with Crippen molar-refractivity contribution >= 4 is 28.8 Å². The summed E-state index contributed by atoms with van der Waals surface area (Å²) < 4.78 is 26.4. The smallest absolute Gasteiger partial charge is 0.249 e. The Labute approximate surface area is 168 Å². The molecule has 0 atom stereocenters. The minimum absolute atomic E-state index is 0.181. The first-order valence-electron chi connectivity index (χ1n) is 9.60. The number of piperidine rings is 1. The van der Waals surface area contributed by atoms with Crippen LogP contribution in [-0.4, -0.2) is 28.3 Å². The molecule has 3 aromatic rings. The monoisotopic (exact) mass is 396 g/mol. The lowest BCUT2D eigenvalue weighted by Crippen LogP contribution is -2.32. The summed E-state index contributed by atoms with van der Waals surface area (Å²) >= 11 is 0. The van der Waals surface area contributed by atoms with Crippen LogP contribution in [0.5, 0.6) is 0 Å². The van der Waals surface area contributed by atoms with Crippen molar-refractivity contribution in [2.24, 2.45) is 5.92 Å². The Morgan fingerprint density at radius 1 is 0.931 bits per heavy atom. The summed E-state index contributed by atoms with van der Waals surface area (Å²) in [6.07, 6.45) is 3.94. The van der Waals surface area contributed by atoms with E-state index in [1.807, 2.05) is 12.1 Å². The SMILES string of the molecule is CC1CCN(c2ccc(Nc3cnnc(Nc4ccc(F)c(F)c4)n3)cc2)CC1. The molecule has 1 aliphatic rings. The fourth-order valence-electron chi connectivity index (χ4n) is 3.29. The summed E-state index contributed by atoms with van der Waals surface area (Å²) in [4.78, 5) is 6.72. The molecule has 0 saturated carbocycles. The Balaban J connectivity index is 1.41. The summed E-state index contributed by atoms with van der Waals surface area (Å²) in [5.41, 5.74) is 2.42. The first-order chi connectivity index (χ1) is 14.1. The van der Waals surface area contributed by atoms with Crippen molar-refractivity contribution < 1.29 is 8.78 Å². The van der Waals surface area contributed by atoms with Gasteiger partial charge in [-0.2, -0.15) is 10.1 Å². The number of rotatable bonds is 5. The van der Waals surface area contributed by atoms with E-state index in [-0.39, 0.29) is 5.95 Å². The van der Waals surface area contributed by atoms with E-state index < -0.39 is 11.6 Å². The minimum atomic E-state index is -0.944. The average molecular weight is 396 g/mol. The van der Waals surface area contributed by atoms with Crippen molar-refractivity contribution in [3.63, 3.8) is 0 Å². The third-order valence-electron chi connectivity index (χ3n) is 5.02. The molecule has 0 spiro atoms. The van der Waals surface area contributed by atoms with Crippen molar-refractivity contribution in [2.45, 2.75) is 19.8 Å². The van der Waals surface area contributed by atoms with E-state index >= 15 is 0 Å². The Morgan fingerprint density at radius 3 is 2.38 bits per heavy atom. The molecule has 2 N–H and O–H groups in total. The topological polar surface area (TPSA) is 66.0 Å². The molecular formula is C21H22F2N6. The first-order valence-corrected chi connectivity index (χ1v) is 9.60. The van der Waals surface area contributed by atoms with Gasteiger partial charge in [0.2, 0.25) is 5.95 Å². The molecule has 2 heterocycles. The highest BCUT2D eigenvalue weighted by atomic mass is 19.2. The van der Waals surface area contributed by atoms with Crippen LogP contribution in [0.1, 0.15) is 19.8 Å². The maximum absolute atomic E-state index is 13.3. The van der Waals surface area contributed by atoms with E-state index in [9.17, 15) is 8.78 Å². The lowest BCUT2D eigenvalue weighted by molar-refractivity contribution is 0.438. The maximum Gasteiger partial charge on any atom is 0.249 e. The second kappa shape index (κ2) is 8.38. The van der Waals surface area contributed by atoms with Crippen molar-refractivity contribution in [2.75, 3.05) is 28.6 Å². The highest BCUT2D eigenvalue weighted by Gasteiger charge is 2.15. The fraction of sp³-hybridized carbons (Fsp3) is 0.286. The number of benzene rings is 2. The standard InChI is InChI=1S/C21H22F2N6/c1-14-8-10-29(11-9-14)17-5-2-15(3-6-17)25-20-13-24-28-21(27-20)26-16-4-7-18(22)19(23)12-16/h2-7,12-14H,8-11H2,1H3,(H2,25,26,27,28). The van der Waals surface area contributed by atoms with Crippen molar-refractivity contribution in [3.8, 4) is 0 Å². The van der Waals surface area contributed by atoms with Crippen LogP contribution >= 0.6 is 0 Å². The van der Waals surface area contributed by atoms with Gasteiger partial charge in [-0.1, -0.05) is 6.92 Å². The molecule has 0 bridgehead atoms. The summed E-state index contributed by atoms with van der Waals surface area (Å²) in [5.74, 6) is -0.385. The van der Waals surface area contributed by atoms with Crippen LogP contribution in [0.3, 0.4) is 0 Å². The molecule has 0 radical (unpaired) electrons. The molecule has 6 nitrogen and oxygen atoms in total. The number of aromatic nitrogens is 3. The van der Waals surface area contributed by atoms with Gasteiger partial charge in [0.25, 0.3) is 0 Å². The average Bonchev–Trinajstić information content (AvgIpc) is 2.72. The zero-order valence-electron chi connectivity index (χ0n) is 16.1. The number of nitrogens with zero attached hydrogens (tertiary/aromatic N) is 4. The predicted molar refractivity (Wildman–Crippen MR) is 110 cm³/mol. The third kappa shape index (κ3) is 4.77. The summed E-state index contributed by atoms with van der Waals surface area (Å²) in [5, 5.41) is 13.8. The van der Waals surface area contributed by atoms with Crippen LogP contribution in [0.4, 0.5) is 37.6 Å². The van der Waals surface area contributed by atoms with Crippen molar-refractivity contribution in [3.05, 3.63) is 60.3 Å². The van der Waals surface area contributed by atoms with Gasteiger partial charge in [-0.3, -0.25) is 0 Å².